The number of nitro benzene ring substituents is 1. The summed E-state index contributed by atoms with van der Waals surface area (Å²) >= 11 is 11.9. The molecule has 0 atom stereocenters. The molecule has 0 amide bonds. The Kier molecular flexibility index (Phi) is 6.01. The van der Waals surface area contributed by atoms with Gasteiger partial charge in [-0.1, -0.05) is 36.7 Å². The quantitative estimate of drug-likeness (QED) is 0.274. The molecule has 25 heavy (non-hydrogen) atoms. The lowest BCUT2D eigenvalue weighted by Crippen LogP contribution is -2.08. The molecule has 0 unspecified atom stereocenters. The number of halogens is 2. The van der Waals surface area contributed by atoms with Gasteiger partial charge in [-0.3, -0.25) is 10.1 Å². The largest absolute Gasteiger partial charge is 0.456 e. The van der Waals surface area contributed by atoms with Crippen LogP contribution in [0.25, 0.3) is 0 Å². The minimum atomic E-state index is -0.883. The average Bonchev–Trinajstić information content (AvgIpc) is 2.56. The maximum absolute atomic E-state index is 12.2. The van der Waals surface area contributed by atoms with Crippen LogP contribution in [0.3, 0.4) is 0 Å². The van der Waals surface area contributed by atoms with Gasteiger partial charge in [0, 0.05) is 23.6 Å². The standard InChI is InChI=1S/C17H13Cl2NO5/c1-3-10(2)24-17(21)13-9-12(5-6-15(13)20(22)23)25-16-7-4-11(18)8-14(16)19/h4-9H,2-3H2,1H3. The fourth-order valence-electron chi connectivity index (χ4n) is 1.84. The number of hydrogen-bond donors (Lipinski definition) is 0. The van der Waals surface area contributed by atoms with Gasteiger partial charge in [-0.2, -0.15) is 0 Å². The molecule has 8 heteroatoms. The maximum atomic E-state index is 12.2. The van der Waals surface area contributed by atoms with Crippen molar-refractivity contribution in [2.75, 3.05) is 0 Å². The number of allylic oxidation sites excluding steroid dienone is 1. The summed E-state index contributed by atoms with van der Waals surface area (Å²) in [5.74, 6) is -0.210. The van der Waals surface area contributed by atoms with Crippen LogP contribution in [0.2, 0.25) is 10.0 Å². The predicted octanol–water partition coefficient (Wildman–Crippen LogP) is 5.77. The first-order chi connectivity index (χ1) is 11.8. The number of nitrogens with zero attached hydrogens (tertiary/aromatic N) is 1. The zero-order valence-electron chi connectivity index (χ0n) is 13.1. The van der Waals surface area contributed by atoms with Crippen molar-refractivity contribution in [1.82, 2.24) is 0 Å². The molecule has 0 heterocycles. The third-order valence-electron chi connectivity index (χ3n) is 3.14. The van der Waals surface area contributed by atoms with Crippen LogP contribution in [0.4, 0.5) is 5.69 Å². The molecule has 2 aromatic rings. The summed E-state index contributed by atoms with van der Waals surface area (Å²) in [6, 6.07) is 8.34. The minimum absolute atomic E-state index is 0.184. The van der Waals surface area contributed by atoms with E-state index in [0.29, 0.717) is 11.4 Å². The number of carbonyl (C=O) groups excluding carboxylic acids is 1. The number of rotatable bonds is 6. The van der Waals surface area contributed by atoms with Gasteiger partial charge >= 0.3 is 5.97 Å². The summed E-state index contributed by atoms with van der Waals surface area (Å²) in [5, 5.41) is 11.8. The summed E-state index contributed by atoms with van der Waals surface area (Å²) in [7, 11) is 0. The topological polar surface area (TPSA) is 78.7 Å². The van der Waals surface area contributed by atoms with Crippen LogP contribution in [0.15, 0.2) is 48.7 Å². The Bertz CT molecular complexity index is 851. The van der Waals surface area contributed by atoms with E-state index >= 15 is 0 Å². The average molecular weight is 382 g/mol. The van der Waals surface area contributed by atoms with Crippen molar-refractivity contribution >= 4 is 34.9 Å². The molecule has 0 saturated carbocycles. The van der Waals surface area contributed by atoms with Gasteiger partial charge in [0.1, 0.15) is 22.8 Å². The van der Waals surface area contributed by atoms with Gasteiger partial charge in [0.25, 0.3) is 5.69 Å². The smallest absolute Gasteiger partial charge is 0.350 e. The summed E-state index contributed by atoms with van der Waals surface area (Å²) in [6.07, 6.45) is 0.399. The van der Waals surface area contributed by atoms with E-state index in [2.05, 4.69) is 6.58 Å². The first-order valence-electron chi connectivity index (χ1n) is 7.13. The minimum Gasteiger partial charge on any atom is -0.456 e. The molecule has 0 aromatic heterocycles. The molecule has 0 aliphatic carbocycles. The molecule has 2 rings (SSSR count). The first-order valence-corrected chi connectivity index (χ1v) is 7.88. The van der Waals surface area contributed by atoms with Crippen molar-refractivity contribution in [3.63, 3.8) is 0 Å². The molecule has 0 N–H and O–H groups in total. The Labute approximate surface area is 153 Å². The number of esters is 1. The fraction of sp³-hybridized carbons (Fsp3) is 0.118. The number of carbonyl (C=O) groups is 1. The molecule has 0 saturated heterocycles. The normalized spacial score (nSPS) is 10.2. The zero-order valence-corrected chi connectivity index (χ0v) is 14.6. The highest BCUT2D eigenvalue weighted by Crippen LogP contribution is 2.33. The molecular weight excluding hydrogens is 369 g/mol. The van der Waals surface area contributed by atoms with Crippen LogP contribution in [-0.2, 0) is 4.74 Å². The predicted molar refractivity (Wildman–Crippen MR) is 94.5 cm³/mol. The third-order valence-corrected chi connectivity index (χ3v) is 3.67. The van der Waals surface area contributed by atoms with Crippen molar-refractivity contribution in [3.05, 3.63) is 74.5 Å². The second-order valence-electron chi connectivity index (χ2n) is 4.89. The highest BCUT2D eigenvalue weighted by Gasteiger charge is 2.23. The Hall–Kier alpha value is -2.57. The van der Waals surface area contributed by atoms with Gasteiger partial charge in [-0.05, 0) is 24.3 Å². The van der Waals surface area contributed by atoms with Crippen molar-refractivity contribution < 1.29 is 19.2 Å². The van der Waals surface area contributed by atoms with E-state index < -0.39 is 16.6 Å². The Morgan fingerprint density at radius 3 is 2.56 bits per heavy atom. The number of hydrogen-bond acceptors (Lipinski definition) is 5. The Morgan fingerprint density at radius 2 is 1.96 bits per heavy atom. The monoisotopic (exact) mass is 381 g/mol. The van der Waals surface area contributed by atoms with E-state index in [4.69, 9.17) is 32.7 Å². The first kappa shape index (κ1) is 18.8. The highest BCUT2D eigenvalue weighted by atomic mass is 35.5. The Morgan fingerprint density at radius 1 is 1.24 bits per heavy atom. The van der Waals surface area contributed by atoms with Crippen LogP contribution in [0, 0.1) is 10.1 Å². The van der Waals surface area contributed by atoms with Gasteiger partial charge in [-0.15, -0.1) is 0 Å². The van der Waals surface area contributed by atoms with E-state index in [1.807, 2.05) is 0 Å². The molecule has 0 fully saturated rings. The van der Waals surface area contributed by atoms with Gasteiger partial charge in [0.2, 0.25) is 0 Å². The summed E-state index contributed by atoms with van der Waals surface area (Å²) < 4.78 is 10.6. The van der Waals surface area contributed by atoms with Crippen molar-refractivity contribution in [2.45, 2.75) is 13.3 Å². The van der Waals surface area contributed by atoms with E-state index in [0.717, 1.165) is 6.07 Å². The van der Waals surface area contributed by atoms with Gasteiger partial charge in [-0.25, -0.2) is 4.79 Å². The summed E-state index contributed by atoms with van der Waals surface area (Å²) in [5.41, 5.74) is -0.648. The van der Waals surface area contributed by atoms with Gasteiger partial charge in [0.05, 0.1) is 9.95 Å². The number of nitro groups is 1. The van der Waals surface area contributed by atoms with Gasteiger partial charge < -0.3 is 9.47 Å². The lowest BCUT2D eigenvalue weighted by Gasteiger charge is -2.10. The fourth-order valence-corrected chi connectivity index (χ4v) is 2.29. The molecular formula is C17H13Cl2NO5. The summed E-state index contributed by atoms with van der Waals surface area (Å²) in [4.78, 5) is 22.6. The molecule has 0 aliphatic heterocycles. The number of benzene rings is 2. The van der Waals surface area contributed by atoms with Crippen LogP contribution in [-0.4, -0.2) is 10.9 Å². The van der Waals surface area contributed by atoms with Crippen molar-refractivity contribution in [1.29, 1.82) is 0 Å². The lowest BCUT2D eigenvalue weighted by molar-refractivity contribution is -0.385. The molecule has 6 nitrogen and oxygen atoms in total. The van der Waals surface area contributed by atoms with Crippen LogP contribution in [0.5, 0.6) is 11.5 Å². The SMILES string of the molecule is C=C(CC)OC(=O)c1cc(Oc2ccc(Cl)cc2Cl)ccc1[N+](=O)[O-]. The van der Waals surface area contributed by atoms with Crippen LogP contribution < -0.4 is 4.74 Å². The van der Waals surface area contributed by atoms with E-state index in [9.17, 15) is 14.9 Å². The van der Waals surface area contributed by atoms with Crippen molar-refractivity contribution in [2.24, 2.45) is 0 Å². The molecule has 0 aliphatic rings. The highest BCUT2D eigenvalue weighted by molar-refractivity contribution is 6.35. The van der Waals surface area contributed by atoms with E-state index in [-0.39, 0.29) is 27.8 Å². The third kappa shape index (κ3) is 4.71. The summed E-state index contributed by atoms with van der Waals surface area (Å²) in [6.45, 7) is 5.29. The van der Waals surface area contributed by atoms with E-state index in [1.165, 1.54) is 18.2 Å². The van der Waals surface area contributed by atoms with Crippen molar-refractivity contribution in [3.8, 4) is 11.5 Å². The molecule has 130 valence electrons. The second-order valence-corrected chi connectivity index (χ2v) is 5.74. The molecule has 0 bridgehead atoms. The Balaban J connectivity index is 2.37. The van der Waals surface area contributed by atoms with Gasteiger partial charge in [0.15, 0.2) is 0 Å². The molecule has 0 spiro atoms. The maximum Gasteiger partial charge on any atom is 0.350 e. The van der Waals surface area contributed by atoms with Crippen LogP contribution in [0.1, 0.15) is 23.7 Å². The van der Waals surface area contributed by atoms with Crippen LogP contribution >= 0.6 is 23.2 Å². The molecule has 2 aromatic carbocycles. The van der Waals surface area contributed by atoms with E-state index in [1.54, 1.807) is 19.1 Å². The number of ether oxygens (including phenoxy) is 2. The zero-order chi connectivity index (χ0) is 18.6. The molecule has 0 radical (unpaired) electrons. The second kappa shape index (κ2) is 8.00. The lowest BCUT2D eigenvalue weighted by atomic mass is 10.1.